The molecule has 3 rings (SSSR count). The number of hydrogen-bond donors (Lipinski definition) is 1. The van der Waals surface area contributed by atoms with Crippen LogP contribution in [-0.4, -0.2) is 5.91 Å². The Morgan fingerprint density at radius 1 is 1.10 bits per heavy atom. The minimum absolute atomic E-state index is 0.0176. The summed E-state index contributed by atoms with van der Waals surface area (Å²) in [4.78, 5) is 12.6. The Kier molecular flexibility index (Phi) is 4.05. The lowest BCUT2D eigenvalue weighted by atomic mass is 9.82. The summed E-state index contributed by atoms with van der Waals surface area (Å²) in [6.07, 6.45) is 3.11. The number of para-hydroxylation sites is 1. The summed E-state index contributed by atoms with van der Waals surface area (Å²) in [6, 6.07) is 16.2. The van der Waals surface area contributed by atoms with Crippen molar-refractivity contribution in [3.8, 4) is 0 Å². The van der Waals surface area contributed by atoms with Crippen LogP contribution in [0, 0.1) is 3.57 Å². The van der Waals surface area contributed by atoms with Crippen LogP contribution < -0.4 is 5.32 Å². The van der Waals surface area contributed by atoms with Crippen LogP contribution in [0.1, 0.15) is 29.9 Å². The maximum absolute atomic E-state index is 12.6. The van der Waals surface area contributed by atoms with Gasteiger partial charge in [-0.3, -0.25) is 4.79 Å². The van der Waals surface area contributed by atoms with E-state index in [-0.39, 0.29) is 11.8 Å². The topological polar surface area (TPSA) is 29.1 Å². The third-order valence-corrected chi connectivity index (χ3v) is 4.76. The Morgan fingerprint density at radius 3 is 2.70 bits per heavy atom. The maximum atomic E-state index is 12.6. The number of benzene rings is 2. The molecule has 102 valence electrons. The number of carbonyl (C=O) groups excluding carboxylic acids is 1. The monoisotopic (exact) mass is 377 g/mol. The number of aryl methyl sites for hydroxylation is 1. The van der Waals surface area contributed by atoms with Crippen LogP contribution in [0.4, 0.5) is 5.69 Å². The van der Waals surface area contributed by atoms with E-state index in [0.29, 0.717) is 0 Å². The van der Waals surface area contributed by atoms with E-state index in [9.17, 15) is 4.79 Å². The van der Waals surface area contributed by atoms with E-state index in [1.165, 1.54) is 11.1 Å². The Bertz CT molecular complexity index is 638. The van der Waals surface area contributed by atoms with Crippen molar-refractivity contribution in [3.05, 3.63) is 63.2 Å². The molecule has 0 saturated heterocycles. The zero-order valence-electron chi connectivity index (χ0n) is 11.1. The van der Waals surface area contributed by atoms with Gasteiger partial charge in [0.25, 0.3) is 0 Å². The molecule has 0 unspecified atom stereocenters. The third-order valence-electron chi connectivity index (χ3n) is 3.82. The predicted molar refractivity (Wildman–Crippen MR) is 89.9 cm³/mol. The van der Waals surface area contributed by atoms with Gasteiger partial charge in [-0.1, -0.05) is 36.4 Å². The van der Waals surface area contributed by atoms with E-state index in [1.54, 1.807) is 0 Å². The van der Waals surface area contributed by atoms with Crippen molar-refractivity contribution < 1.29 is 4.79 Å². The zero-order valence-corrected chi connectivity index (χ0v) is 13.3. The highest BCUT2D eigenvalue weighted by Gasteiger charge is 2.26. The van der Waals surface area contributed by atoms with Gasteiger partial charge in [0.2, 0.25) is 5.91 Å². The van der Waals surface area contributed by atoms with Gasteiger partial charge in [0.15, 0.2) is 0 Å². The highest BCUT2D eigenvalue weighted by atomic mass is 127. The van der Waals surface area contributed by atoms with Gasteiger partial charge >= 0.3 is 0 Å². The van der Waals surface area contributed by atoms with Gasteiger partial charge in [-0.2, -0.15) is 0 Å². The van der Waals surface area contributed by atoms with Gasteiger partial charge in [0.1, 0.15) is 0 Å². The molecular weight excluding hydrogens is 361 g/mol. The van der Waals surface area contributed by atoms with Crippen molar-refractivity contribution in [2.75, 3.05) is 5.32 Å². The number of fused-ring (bicyclic) bond motifs is 1. The number of anilines is 1. The van der Waals surface area contributed by atoms with Crippen LogP contribution in [0.2, 0.25) is 0 Å². The smallest absolute Gasteiger partial charge is 0.231 e. The summed E-state index contributed by atoms with van der Waals surface area (Å²) in [5.41, 5.74) is 3.42. The largest absolute Gasteiger partial charge is 0.325 e. The summed E-state index contributed by atoms with van der Waals surface area (Å²) in [7, 11) is 0. The van der Waals surface area contributed by atoms with Crippen molar-refractivity contribution in [2.45, 2.75) is 25.2 Å². The third kappa shape index (κ3) is 2.73. The van der Waals surface area contributed by atoms with Crippen LogP contribution >= 0.6 is 22.6 Å². The molecule has 1 N–H and O–H groups in total. The minimum atomic E-state index is -0.0176. The maximum Gasteiger partial charge on any atom is 0.231 e. The number of hydrogen-bond acceptors (Lipinski definition) is 1. The molecule has 3 heteroatoms. The molecule has 0 saturated carbocycles. The lowest BCUT2D eigenvalue weighted by Gasteiger charge is -2.24. The standard InChI is InChI=1S/C17H16INO/c18-15-10-3-4-11-16(15)19-17(20)14-9-5-7-12-6-1-2-8-13(12)14/h1-4,6,8,10-11,14H,5,7,9H2,(H,19,20)/t14-/m0/s1. The first-order chi connectivity index (χ1) is 9.75. The molecule has 0 fully saturated rings. The van der Waals surface area contributed by atoms with Crippen LogP contribution in [0.5, 0.6) is 0 Å². The molecule has 0 aliphatic heterocycles. The lowest BCUT2D eigenvalue weighted by molar-refractivity contribution is -0.117. The van der Waals surface area contributed by atoms with Gasteiger partial charge in [-0.05, 0) is 65.1 Å². The first-order valence-electron chi connectivity index (χ1n) is 6.89. The van der Waals surface area contributed by atoms with Crippen LogP contribution in [0.15, 0.2) is 48.5 Å². The Balaban J connectivity index is 1.84. The van der Waals surface area contributed by atoms with Crippen LogP contribution in [0.3, 0.4) is 0 Å². The predicted octanol–water partition coefficient (Wildman–Crippen LogP) is 4.35. The van der Waals surface area contributed by atoms with Crippen LogP contribution in [-0.2, 0) is 11.2 Å². The minimum Gasteiger partial charge on any atom is -0.325 e. The molecule has 0 radical (unpaired) electrons. The van der Waals surface area contributed by atoms with Gasteiger partial charge in [-0.15, -0.1) is 0 Å². The molecule has 0 heterocycles. The summed E-state index contributed by atoms with van der Waals surface area (Å²) >= 11 is 2.25. The molecule has 0 aromatic heterocycles. The molecular formula is C17H16INO. The second kappa shape index (κ2) is 5.95. The van der Waals surface area contributed by atoms with Gasteiger partial charge in [0, 0.05) is 3.57 Å². The Hall–Kier alpha value is -1.36. The molecule has 1 atom stereocenters. The molecule has 20 heavy (non-hydrogen) atoms. The van der Waals surface area contributed by atoms with E-state index in [4.69, 9.17) is 0 Å². The number of carbonyl (C=O) groups is 1. The molecule has 2 aromatic carbocycles. The highest BCUT2D eigenvalue weighted by molar-refractivity contribution is 14.1. The fourth-order valence-electron chi connectivity index (χ4n) is 2.81. The molecule has 2 nitrogen and oxygen atoms in total. The highest BCUT2D eigenvalue weighted by Crippen LogP contribution is 2.32. The summed E-state index contributed by atoms with van der Waals surface area (Å²) in [5, 5.41) is 3.07. The van der Waals surface area contributed by atoms with Gasteiger partial charge < -0.3 is 5.32 Å². The van der Waals surface area contributed by atoms with E-state index in [2.05, 4.69) is 46.1 Å². The Labute approximate surface area is 132 Å². The molecule has 2 aromatic rings. The fourth-order valence-corrected chi connectivity index (χ4v) is 3.33. The average Bonchev–Trinajstić information content (AvgIpc) is 2.49. The van der Waals surface area contributed by atoms with E-state index < -0.39 is 0 Å². The average molecular weight is 377 g/mol. The second-order valence-corrected chi connectivity index (χ2v) is 6.27. The van der Waals surface area contributed by atoms with E-state index in [1.807, 2.05) is 30.3 Å². The Morgan fingerprint density at radius 2 is 1.85 bits per heavy atom. The van der Waals surface area contributed by atoms with Crippen molar-refractivity contribution in [2.24, 2.45) is 0 Å². The molecule has 0 bridgehead atoms. The van der Waals surface area contributed by atoms with Crippen molar-refractivity contribution >= 4 is 34.2 Å². The summed E-state index contributed by atoms with van der Waals surface area (Å²) in [6.45, 7) is 0. The number of nitrogens with one attached hydrogen (secondary N) is 1. The SMILES string of the molecule is O=C(Nc1ccccc1I)[C@H]1CCCc2ccccc21. The number of rotatable bonds is 2. The lowest BCUT2D eigenvalue weighted by Crippen LogP contribution is -2.25. The van der Waals surface area contributed by atoms with Gasteiger partial charge in [0.05, 0.1) is 11.6 Å². The van der Waals surface area contributed by atoms with E-state index >= 15 is 0 Å². The second-order valence-electron chi connectivity index (χ2n) is 5.11. The van der Waals surface area contributed by atoms with E-state index in [0.717, 1.165) is 28.5 Å². The molecule has 1 amide bonds. The van der Waals surface area contributed by atoms with Crippen LogP contribution in [0.25, 0.3) is 0 Å². The number of amides is 1. The van der Waals surface area contributed by atoms with Gasteiger partial charge in [-0.25, -0.2) is 0 Å². The molecule has 0 spiro atoms. The first kappa shape index (κ1) is 13.6. The first-order valence-corrected chi connectivity index (χ1v) is 7.97. The fraction of sp³-hybridized carbons (Fsp3) is 0.235. The number of halogens is 1. The molecule has 1 aliphatic carbocycles. The quantitative estimate of drug-likeness (QED) is 0.775. The van der Waals surface area contributed by atoms with Crippen molar-refractivity contribution in [1.29, 1.82) is 0 Å². The zero-order chi connectivity index (χ0) is 13.9. The summed E-state index contributed by atoms with van der Waals surface area (Å²) < 4.78 is 1.07. The van der Waals surface area contributed by atoms with Crippen molar-refractivity contribution in [1.82, 2.24) is 0 Å². The molecule has 1 aliphatic rings. The normalized spacial score (nSPS) is 17.4. The van der Waals surface area contributed by atoms with Crippen molar-refractivity contribution in [3.63, 3.8) is 0 Å². The summed E-state index contributed by atoms with van der Waals surface area (Å²) in [5.74, 6) is 0.0947.